The normalized spacial score (nSPS) is 12.6. The van der Waals surface area contributed by atoms with Crippen molar-refractivity contribution in [3.8, 4) is 0 Å². The van der Waals surface area contributed by atoms with Gasteiger partial charge in [-0.3, -0.25) is 4.79 Å². The summed E-state index contributed by atoms with van der Waals surface area (Å²) in [4.78, 5) is 16.6. The maximum absolute atomic E-state index is 13.7. The Morgan fingerprint density at radius 2 is 2.24 bits per heavy atom. The highest BCUT2D eigenvalue weighted by Gasteiger charge is 2.21. The van der Waals surface area contributed by atoms with Crippen molar-refractivity contribution < 1.29 is 9.18 Å². The smallest absolute Gasteiger partial charge is 0.242 e. The molecule has 0 radical (unpaired) electrons. The van der Waals surface area contributed by atoms with Gasteiger partial charge in [-0.1, -0.05) is 0 Å². The largest absolute Gasteiger partial charge is 0.355 e. The predicted octanol–water partition coefficient (Wildman–Crippen LogP) is 2.96. The van der Waals surface area contributed by atoms with Crippen LogP contribution in [0.15, 0.2) is 12.1 Å². The number of imidazole rings is 1. The number of nitrogens with one attached hydrogen (secondary N) is 1. The fourth-order valence-corrected chi connectivity index (χ4v) is 2.57. The van der Waals surface area contributed by atoms with Gasteiger partial charge in [0.1, 0.15) is 17.7 Å². The number of likely N-dealkylation sites (N-methyl/N-ethyl adjacent to an activating group) is 1. The maximum Gasteiger partial charge on any atom is 0.242 e. The van der Waals surface area contributed by atoms with Gasteiger partial charge in [0.15, 0.2) is 0 Å². The summed E-state index contributed by atoms with van der Waals surface area (Å²) in [6.45, 7) is 5.94. The van der Waals surface area contributed by atoms with Crippen LogP contribution in [0.1, 0.15) is 31.3 Å². The minimum Gasteiger partial charge on any atom is -0.355 e. The summed E-state index contributed by atoms with van der Waals surface area (Å²) < 4.78 is 15.5. The van der Waals surface area contributed by atoms with Gasteiger partial charge < -0.3 is 9.88 Å². The van der Waals surface area contributed by atoms with Crippen LogP contribution in [0.25, 0.3) is 11.0 Å². The van der Waals surface area contributed by atoms with Crippen molar-refractivity contribution in [3.63, 3.8) is 0 Å². The monoisotopic (exact) mass is 311 g/mol. The van der Waals surface area contributed by atoms with E-state index in [0.717, 1.165) is 5.52 Å². The van der Waals surface area contributed by atoms with Crippen molar-refractivity contribution in [2.45, 2.75) is 33.2 Å². The summed E-state index contributed by atoms with van der Waals surface area (Å²) >= 11 is 5.82. The number of nitrogens with zero attached hydrogens (tertiary/aromatic N) is 2. The molecule has 1 aromatic carbocycles. The molecule has 0 saturated heterocycles. The highest BCUT2D eigenvalue weighted by molar-refractivity contribution is 6.17. The average molecular weight is 312 g/mol. The molecule has 0 aliphatic heterocycles. The van der Waals surface area contributed by atoms with Crippen LogP contribution in [0.5, 0.6) is 0 Å². The molecule has 2 rings (SSSR count). The van der Waals surface area contributed by atoms with Gasteiger partial charge in [0.05, 0.1) is 11.0 Å². The van der Waals surface area contributed by atoms with Crippen molar-refractivity contribution in [1.29, 1.82) is 0 Å². The summed E-state index contributed by atoms with van der Waals surface area (Å²) in [5, 5.41) is 2.80. The first kappa shape index (κ1) is 15.8. The van der Waals surface area contributed by atoms with Crippen LogP contribution in [0.2, 0.25) is 0 Å². The Balaban J connectivity index is 2.60. The SMILES string of the molecule is CCNC(=O)C(C)n1c(CCCl)nc2cc(F)c(C)cc21. The third-order valence-electron chi connectivity index (χ3n) is 3.48. The number of hydrogen-bond donors (Lipinski definition) is 1. The van der Waals surface area contributed by atoms with Gasteiger partial charge in [-0.15, -0.1) is 11.6 Å². The molecule has 1 N–H and O–H groups in total. The number of benzene rings is 1. The van der Waals surface area contributed by atoms with Gasteiger partial charge in [0, 0.05) is 24.9 Å². The number of fused-ring (bicyclic) bond motifs is 1. The van der Waals surface area contributed by atoms with Gasteiger partial charge in [0.2, 0.25) is 5.91 Å². The highest BCUT2D eigenvalue weighted by atomic mass is 35.5. The lowest BCUT2D eigenvalue weighted by Crippen LogP contribution is -2.31. The molecule has 4 nitrogen and oxygen atoms in total. The molecule has 0 aliphatic rings. The Bertz CT molecular complexity index is 668. The number of carbonyl (C=O) groups excluding carboxylic acids is 1. The molecule has 1 amide bonds. The lowest BCUT2D eigenvalue weighted by molar-refractivity contribution is -0.123. The lowest BCUT2D eigenvalue weighted by atomic mass is 10.2. The third kappa shape index (κ3) is 3.02. The highest BCUT2D eigenvalue weighted by Crippen LogP contribution is 2.24. The van der Waals surface area contributed by atoms with Crippen molar-refractivity contribution in [3.05, 3.63) is 29.3 Å². The number of rotatable bonds is 5. The molecule has 1 heterocycles. The fourth-order valence-electron chi connectivity index (χ4n) is 2.40. The second kappa shape index (κ2) is 6.43. The first-order valence-corrected chi connectivity index (χ1v) is 7.53. The van der Waals surface area contributed by atoms with Crippen LogP contribution in [-0.2, 0) is 11.2 Å². The van der Waals surface area contributed by atoms with Crippen LogP contribution in [-0.4, -0.2) is 27.9 Å². The van der Waals surface area contributed by atoms with E-state index in [1.165, 1.54) is 6.07 Å². The number of aromatic nitrogens is 2. The number of amides is 1. The minimum absolute atomic E-state index is 0.0883. The van der Waals surface area contributed by atoms with Crippen molar-refractivity contribution >= 4 is 28.5 Å². The second-order valence-electron chi connectivity index (χ2n) is 5.00. The molecular formula is C15H19ClFN3O. The quantitative estimate of drug-likeness (QED) is 0.863. The number of alkyl halides is 1. The van der Waals surface area contributed by atoms with E-state index >= 15 is 0 Å². The number of hydrogen-bond acceptors (Lipinski definition) is 2. The van der Waals surface area contributed by atoms with Crippen molar-refractivity contribution in [1.82, 2.24) is 14.9 Å². The lowest BCUT2D eigenvalue weighted by Gasteiger charge is -2.17. The molecule has 6 heteroatoms. The molecule has 0 spiro atoms. The molecule has 21 heavy (non-hydrogen) atoms. The first-order chi connectivity index (χ1) is 9.99. The van der Waals surface area contributed by atoms with Gasteiger partial charge in [-0.2, -0.15) is 0 Å². The van der Waals surface area contributed by atoms with Gasteiger partial charge in [-0.25, -0.2) is 9.37 Å². The standard InChI is InChI=1S/C15H19ClFN3O/c1-4-18-15(21)10(3)20-13-7-9(2)11(17)8-12(13)19-14(20)5-6-16/h7-8,10H,4-6H2,1-3H3,(H,18,21). The molecular weight excluding hydrogens is 293 g/mol. The van der Waals surface area contributed by atoms with Crippen LogP contribution < -0.4 is 5.32 Å². The maximum atomic E-state index is 13.7. The van der Waals surface area contributed by atoms with Crippen molar-refractivity contribution in [2.75, 3.05) is 12.4 Å². The van der Waals surface area contributed by atoms with Gasteiger partial charge >= 0.3 is 0 Å². The van der Waals surface area contributed by atoms with Gasteiger partial charge in [0.25, 0.3) is 0 Å². The summed E-state index contributed by atoms with van der Waals surface area (Å²) in [6.07, 6.45) is 0.528. The molecule has 114 valence electrons. The van der Waals surface area contributed by atoms with E-state index in [1.807, 2.05) is 18.4 Å². The topological polar surface area (TPSA) is 46.9 Å². The zero-order chi connectivity index (χ0) is 15.6. The fraction of sp³-hybridized carbons (Fsp3) is 0.467. The predicted molar refractivity (Wildman–Crippen MR) is 82.2 cm³/mol. The Kier molecular flexibility index (Phi) is 4.83. The van der Waals surface area contributed by atoms with E-state index in [0.29, 0.717) is 35.8 Å². The number of carbonyl (C=O) groups is 1. The summed E-state index contributed by atoms with van der Waals surface area (Å²) in [7, 11) is 0. The minimum atomic E-state index is -0.418. The van der Waals surface area contributed by atoms with Gasteiger partial charge in [-0.05, 0) is 32.4 Å². The van der Waals surface area contributed by atoms with Crippen LogP contribution in [0.4, 0.5) is 4.39 Å². The van der Waals surface area contributed by atoms with Crippen LogP contribution >= 0.6 is 11.6 Å². The Hall–Kier alpha value is -1.62. The van der Waals surface area contributed by atoms with E-state index in [4.69, 9.17) is 11.6 Å². The van der Waals surface area contributed by atoms with E-state index in [-0.39, 0.29) is 11.7 Å². The molecule has 0 fully saturated rings. The van der Waals surface area contributed by atoms with E-state index in [9.17, 15) is 9.18 Å². The first-order valence-electron chi connectivity index (χ1n) is 7.00. The summed E-state index contributed by atoms with van der Waals surface area (Å²) in [5.74, 6) is 0.709. The number of halogens is 2. The van der Waals surface area contributed by atoms with Crippen LogP contribution in [0.3, 0.4) is 0 Å². The molecule has 1 unspecified atom stereocenters. The molecule has 2 aromatic rings. The van der Waals surface area contributed by atoms with E-state index in [2.05, 4.69) is 10.3 Å². The molecule has 0 bridgehead atoms. The Labute approximate surface area is 128 Å². The molecule has 0 saturated carbocycles. The Morgan fingerprint density at radius 1 is 1.52 bits per heavy atom. The third-order valence-corrected chi connectivity index (χ3v) is 3.67. The summed E-state index contributed by atoms with van der Waals surface area (Å²) in [5.41, 5.74) is 1.84. The van der Waals surface area contributed by atoms with E-state index in [1.54, 1.807) is 13.0 Å². The Morgan fingerprint density at radius 3 is 2.86 bits per heavy atom. The molecule has 1 aromatic heterocycles. The zero-order valence-electron chi connectivity index (χ0n) is 12.4. The summed E-state index contributed by atoms with van der Waals surface area (Å²) in [6, 6.07) is 2.71. The number of aryl methyl sites for hydroxylation is 2. The molecule has 1 atom stereocenters. The average Bonchev–Trinajstić information content (AvgIpc) is 2.76. The van der Waals surface area contributed by atoms with E-state index < -0.39 is 6.04 Å². The van der Waals surface area contributed by atoms with Crippen molar-refractivity contribution in [2.24, 2.45) is 0 Å². The second-order valence-corrected chi connectivity index (χ2v) is 5.38. The molecule has 0 aliphatic carbocycles. The van der Waals surface area contributed by atoms with Crippen LogP contribution in [0, 0.1) is 12.7 Å². The zero-order valence-corrected chi connectivity index (χ0v) is 13.2.